The van der Waals surface area contributed by atoms with Gasteiger partial charge in [-0.2, -0.15) is 5.10 Å². The molecule has 1 aliphatic carbocycles. The van der Waals surface area contributed by atoms with Gasteiger partial charge in [-0.25, -0.2) is 17.9 Å². The largest absolute Gasteiger partial charge is 0.473 e. The molecule has 1 fully saturated rings. The predicted octanol–water partition coefficient (Wildman–Crippen LogP) is 3.21. The summed E-state index contributed by atoms with van der Waals surface area (Å²) in [4.78, 5) is 4.30. The molecule has 3 aromatic heterocycles. The summed E-state index contributed by atoms with van der Waals surface area (Å²) in [6.07, 6.45) is 8.70. The number of hydrogen-bond donors (Lipinski definition) is 2. The zero-order valence-electron chi connectivity index (χ0n) is 19.7. The number of nitrogens with one attached hydrogen (secondary N) is 2. The van der Waals surface area contributed by atoms with Crippen LogP contribution in [0.15, 0.2) is 30.7 Å². The molecule has 0 bridgehead atoms. The Morgan fingerprint density at radius 1 is 1.12 bits per heavy atom. The van der Waals surface area contributed by atoms with Gasteiger partial charge in [0.1, 0.15) is 22.3 Å². The second kappa shape index (κ2) is 8.99. The molecule has 3 heterocycles. The molecule has 0 radical (unpaired) electrons. The quantitative estimate of drug-likeness (QED) is 0.416. The number of fused-ring (bicyclic) bond motifs is 2. The number of sulfone groups is 1. The Morgan fingerprint density at radius 3 is 2.65 bits per heavy atom. The number of aromatic nitrogens is 5. The molecule has 1 aliphatic rings. The Kier molecular flexibility index (Phi) is 6.03. The summed E-state index contributed by atoms with van der Waals surface area (Å²) in [6.45, 7) is 4.62. The third-order valence-corrected chi connectivity index (χ3v) is 7.52. The van der Waals surface area contributed by atoms with Crippen molar-refractivity contribution in [2.45, 2.75) is 51.7 Å². The van der Waals surface area contributed by atoms with Gasteiger partial charge < -0.3 is 10.1 Å². The van der Waals surface area contributed by atoms with Crippen molar-refractivity contribution in [1.82, 2.24) is 30.1 Å². The van der Waals surface area contributed by atoms with E-state index in [4.69, 9.17) is 4.74 Å². The lowest BCUT2D eigenvalue weighted by Crippen LogP contribution is -2.38. The van der Waals surface area contributed by atoms with Crippen LogP contribution < -0.4 is 10.1 Å². The van der Waals surface area contributed by atoms with Gasteiger partial charge in [0.05, 0.1) is 16.7 Å². The molecule has 0 spiro atoms. The SMILES string of the molecule is Cc1cc(-c2cc(C)c3ncnn3c2)cc2[nH]nc(OC3CCC(NCCS(C)(=O)=O)CC3)c12. The van der Waals surface area contributed by atoms with Gasteiger partial charge in [-0.15, -0.1) is 5.10 Å². The topological polar surface area (TPSA) is 114 Å². The fourth-order valence-corrected chi connectivity index (χ4v) is 5.31. The van der Waals surface area contributed by atoms with Gasteiger partial charge in [0.15, 0.2) is 5.65 Å². The van der Waals surface area contributed by atoms with Crippen LogP contribution in [0.3, 0.4) is 0 Å². The highest BCUT2D eigenvalue weighted by molar-refractivity contribution is 7.90. The summed E-state index contributed by atoms with van der Waals surface area (Å²) in [5.41, 5.74) is 6.13. The molecule has 0 saturated heterocycles. The fourth-order valence-electron chi connectivity index (χ4n) is 4.82. The van der Waals surface area contributed by atoms with Gasteiger partial charge in [-0.3, -0.25) is 5.10 Å². The van der Waals surface area contributed by atoms with Gasteiger partial charge in [0.25, 0.3) is 0 Å². The third-order valence-electron chi connectivity index (χ3n) is 6.58. The van der Waals surface area contributed by atoms with E-state index in [9.17, 15) is 8.42 Å². The van der Waals surface area contributed by atoms with E-state index in [1.54, 1.807) is 10.8 Å². The monoisotopic (exact) mass is 482 g/mol. The molecule has 4 aromatic rings. The van der Waals surface area contributed by atoms with Crippen LogP contribution in [0.5, 0.6) is 5.88 Å². The van der Waals surface area contributed by atoms with E-state index in [2.05, 4.69) is 50.7 Å². The Hall–Kier alpha value is -2.98. The number of aromatic amines is 1. The lowest BCUT2D eigenvalue weighted by atomic mass is 9.93. The molecule has 1 aromatic carbocycles. The number of ether oxygens (including phenoxy) is 1. The average Bonchev–Trinajstić information content (AvgIpc) is 3.42. The van der Waals surface area contributed by atoms with Crippen LogP contribution in [-0.4, -0.2) is 63.9 Å². The summed E-state index contributed by atoms with van der Waals surface area (Å²) in [6, 6.07) is 6.72. The Bertz CT molecular complexity index is 1430. The van der Waals surface area contributed by atoms with E-state index in [0.717, 1.165) is 64.5 Å². The van der Waals surface area contributed by atoms with Crippen LogP contribution in [0, 0.1) is 13.8 Å². The highest BCUT2D eigenvalue weighted by Crippen LogP contribution is 2.34. The average molecular weight is 483 g/mol. The molecule has 0 amide bonds. The first-order valence-corrected chi connectivity index (χ1v) is 13.7. The molecule has 180 valence electrons. The standard InChI is InChI=1S/C24H30N6O3S/c1-15-10-17(18-11-16(2)23-26-14-27-30(23)13-18)12-21-22(15)24(29-28-21)33-20-6-4-19(5-7-20)25-8-9-34(3,31)32/h10-14,19-20,25H,4-9H2,1-3H3,(H,28,29). The minimum Gasteiger partial charge on any atom is -0.473 e. The molecule has 0 aliphatic heterocycles. The number of hydrogen-bond acceptors (Lipinski definition) is 7. The Balaban J connectivity index is 1.28. The molecule has 2 N–H and O–H groups in total. The summed E-state index contributed by atoms with van der Waals surface area (Å²) < 4.78 is 30.8. The van der Waals surface area contributed by atoms with Crippen LogP contribution in [-0.2, 0) is 9.84 Å². The molecule has 0 unspecified atom stereocenters. The summed E-state index contributed by atoms with van der Waals surface area (Å²) in [5.74, 6) is 0.825. The minimum atomic E-state index is -2.93. The summed E-state index contributed by atoms with van der Waals surface area (Å²) >= 11 is 0. The maximum atomic E-state index is 11.3. The zero-order valence-corrected chi connectivity index (χ0v) is 20.5. The lowest BCUT2D eigenvalue weighted by Gasteiger charge is -2.29. The van der Waals surface area contributed by atoms with Gasteiger partial charge >= 0.3 is 0 Å². The van der Waals surface area contributed by atoms with Crippen LogP contribution >= 0.6 is 0 Å². The number of rotatable bonds is 7. The van der Waals surface area contributed by atoms with E-state index >= 15 is 0 Å². The number of H-pyrrole nitrogens is 1. The maximum Gasteiger partial charge on any atom is 0.241 e. The van der Waals surface area contributed by atoms with Crippen molar-refractivity contribution in [2.24, 2.45) is 0 Å². The van der Waals surface area contributed by atoms with E-state index in [1.165, 1.54) is 6.26 Å². The smallest absolute Gasteiger partial charge is 0.241 e. The Morgan fingerprint density at radius 2 is 1.88 bits per heavy atom. The molecule has 5 rings (SSSR count). The van der Waals surface area contributed by atoms with Gasteiger partial charge in [-0.1, -0.05) is 6.07 Å². The van der Waals surface area contributed by atoms with E-state index < -0.39 is 9.84 Å². The highest BCUT2D eigenvalue weighted by Gasteiger charge is 2.24. The molecule has 0 atom stereocenters. The fraction of sp³-hybridized carbons (Fsp3) is 0.458. The van der Waals surface area contributed by atoms with E-state index in [0.29, 0.717) is 18.5 Å². The molecular weight excluding hydrogens is 452 g/mol. The van der Waals surface area contributed by atoms with Crippen molar-refractivity contribution < 1.29 is 13.2 Å². The van der Waals surface area contributed by atoms with Crippen LogP contribution in [0.25, 0.3) is 27.7 Å². The first-order valence-electron chi connectivity index (χ1n) is 11.6. The normalized spacial score (nSPS) is 19.1. The van der Waals surface area contributed by atoms with Crippen molar-refractivity contribution >= 4 is 26.4 Å². The van der Waals surface area contributed by atoms with Crippen LogP contribution in [0.4, 0.5) is 0 Å². The van der Waals surface area contributed by atoms with Crippen molar-refractivity contribution in [3.05, 3.63) is 41.9 Å². The number of benzene rings is 1. The molecule has 34 heavy (non-hydrogen) atoms. The minimum absolute atomic E-state index is 0.107. The van der Waals surface area contributed by atoms with Gasteiger partial charge in [0.2, 0.25) is 5.88 Å². The van der Waals surface area contributed by atoms with Crippen LogP contribution in [0.2, 0.25) is 0 Å². The molecular formula is C24H30N6O3S. The number of aryl methyl sites for hydroxylation is 2. The van der Waals surface area contributed by atoms with Crippen molar-refractivity contribution in [1.29, 1.82) is 0 Å². The van der Waals surface area contributed by atoms with Crippen molar-refractivity contribution in [2.75, 3.05) is 18.6 Å². The number of nitrogens with zero attached hydrogens (tertiary/aromatic N) is 4. The first-order chi connectivity index (χ1) is 16.3. The van der Waals surface area contributed by atoms with Gasteiger partial charge in [-0.05, 0) is 68.4 Å². The first kappa shape index (κ1) is 22.8. The predicted molar refractivity (Wildman–Crippen MR) is 132 cm³/mol. The van der Waals surface area contributed by atoms with E-state index in [1.807, 2.05) is 13.1 Å². The highest BCUT2D eigenvalue weighted by atomic mass is 32.2. The third kappa shape index (κ3) is 4.78. The Labute approximate surface area is 198 Å². The summed E-state index contributed by atoms with van der Waals surface area (Å²) in [5, 5.41) is 16.3. The number of pyridine rings is 1. The van der Waals surface area contributed by atoms with E-state index in [-0.39, 0.29) is 11.9 Å². The van der Waals surface area contributed by atoms with Crippen LogP contribution in [0.1, 0.15) is 36.8 Å². The van der Waals surface area contributed by atoms with Crippen molar-refractivity contribution in [3.63, 3.8) is 0 Å². The lowest BCUT2D eigenvalue weighted by molar-refractivity contribution is 0.136. The molecule has 1 saturated carbocycles. The summed E-state index contributed by atoms with van der Waals surface area (Å²) in [7, 11) is -2.93. The van der Waals surface area contributed by atoms with Crippen molar-refractivity contribution in [3.8, 4) is 17.0 Å². The molecule has 10 heteroatoms. The zero-order chi connectivity index (χ0) is 23.9. The molecule has 9 nitrogen and oxygen atoms in total. The second-order valence-electron chi connectivity index (χ2n) is 9.36. The van der Waals surface area contributed by atoms with Gasteiger partial charge in [0, 0.05) is 30.6 Å². The second-order valence-corrected chi connectivity index (χ2v) is 11.6. The maximum absolute atomic E-state index is 11.3.